The molecule has 1 aliphatic rings. The molecule has 0 spiro atoms. The van der Waals surface area contributed by atoms with E-state index in [0.29, 0.717) is 21.8 Å². The average molecular weight is 313 g/mol. The Morgan fingerprint density at radius 1 is 1.52 bits per heavy atom. The van der Waals surface area contributed by atoms with Gasteiger partial charge in [-0.2, -0.15) is 0 Å². The second-order valence-corrected chi connectivity index (χ2v) is 5.57. The third kappa shape index (κ3) is 3.51. The van der Waals surface area contributed by atoms with Crippen molar-refractivity contribution in [2.45, 2.75) is 39.1 Å². The lowest BCUT2D eigenvalue weighted by atomic mass is 9.85. The zero-order chi connectivity index (χ0) is 15.6. The third-order valence-electron chi connectivity index (χ3n) is 3.06. The number of carbonyl (C=O) groups is 1. The zero-order valence-electron chi connectivity index (χ0n) is 12.3. The lowest BCUT2D eigenvalue weighted by Gasteiger charge is -2.24. The van der Waals surface area contributed by atoms with Gasteiger partial charge in [-0.05, 0) is 38.4 Å². The lowest BCUT2D eigenvalue weighted by Crippen LogP contribution is -2.30. The van der Waals surface area contributed by atoms with Crippen LogP contribution in [0.5, 0.6) is 5.75 Å². The summed E-state index contributed by atoms with van der Waals surface area (Å²) in [6.07, 6.45) is -0.280. The summed E-state index contributed by atoms with van der Waals surface area (Å²) in [6, 6.07) is 3.38. The fourth-order valence-electron chi connectivity index (χ4n) is 2.34. The number of carbonyl (C=O) groups excluding carboxylic acids is 1. The Balaban J connectivity index is 2.29. The van der Waals surface area contributed by atoms with Crippen LogP contribution in [0.2, 0.25) is 5.02 Å². The molecule has 114 valence electrons. The highest BCUT2D eigenvalue weighted by Gasteiger charge is 2.43. The van der Waals surface area contributed by atoms with Gasteiger partial charge in [-0.15, -0.1) is 0 Å². The van der Waals surface area contributed by atoms with Crippen LogP contribution in [-0.2, 0) is 20.0 Å². The van der Waals surface area contributed by atoms with Crippen LogP contribution >= 0.6 is 11.6 Å². The smallest absolute Gasteiger partial charge is 0.313 e. The number of aliphatic hydroxyl groups is 1. The first-order valence-electron chi connectivity index (χ1n) is 6.87. The Hall–Kier alpha value is -1.24. The summed E-state index contributed by atoms with van der Waals surface area (Å²) in [7, 11) is 0.167. The SMILES string of the molecule is CCOC(=O)CC1(O)OBc2cc(OC(C)C)cc(Cl)c21. The maximum atomic E-state index is 11.6. The monoisotopic (exact) mass is 312 g/mol. The van der Waals surface area contributed by atoms with Gasteiger partial charge >= 0.3 is 13.5 Å². The maximum absolute atomic E-state index is 11.6. The Labute approximate surface area is 129 Å². The minimum atomic E-state index is -1.74. The molecule has 1 aliphatic heterocycles. The number of rotatable bonds is 5. The Bertz CT molecular complexity index is 548. The van der Waals surface area contributed by atoms with Crippen LogP contribution in [-0.4, -0.2) is 31.3 Å². The molecule has 1 unspecified atom stereocenters. The predicted octanol–water partition coefficient (Wildman–Crippen LogP) is 1.23. The molecule has 1 atom stereocenters. The average Bonchev–Trinajstić information content (AvgIpc) is 2.66. The van der Waals surface area contributed by atoms with Crippen molar-refractivity contribution in [2.24, 2.45) is 0 Å². The molecule has 0 amide bonds. The van der Waals surface area contributed by atoms with Crippen LogP contribution in [0, 0.1) is 0 Å². The fraction of sp³-hybridized carbons (Fsp3) is 0.500. The molecular formula is C14H18BClO5. The molecule has 0 radical (unpaired) electrons. The van der Waals surface area contributed by atoms with Gasteiger partial charge in [-0.3, -0.25) is 4.79 Å². The molecule has 1 aromatic carbocycles. The first-order chi connectivity index (χ1) is 9.85. The van der Waals surface area contributed by atoms with Crippen LogP contribution < -0.4 is 10.2 Å². The van der Waals surface area contributed by atoms with E-state index >= 15 is 0 Å². The van der Waals surface area contributed by atoms with Crippen molar-refractivity contribution < 1.29 is 24.0 Å². The maximum Gasteiger partial charge on any atom is 0.313 e. The fourth-order valence-corrected chi connectivity index (χ4v) is 2.72. The van der Waals surface area contributed by atoms with Crippen molar-refractivity contribution in [3.63, 3.8) is 0 Å². The molecule has 5 nitrogen and oxygen atoms in total. The number of fused-ring (bicyclic) bond motifs is 1. The molecule has 7 heteroatoms. The van der Waals surface area contributed by atoms with Crippen LogP contribution in [0.15, 0.2) is 12.1 Å². The van der Waals surface area contributed by atoms with E-state index in [0.717, 1.165) is 0 Å². The van der Waals surface area contributed by atoms with Gasteiger partial charge in [-0.25, -0.2) is 0 Å². The van der Waals surface area contributed by atoms with E-state index in [-0.39, 0.29) is 26.6 Å². The van der Waals surface area contributed by atoms with Crippen molar-refractivity contribution in [2.75, 3.05) is 6.61 Å². The number of halogens is 1. The van der Waals surface area contributed by atoms with E-state index < -0.39 is 11.8 Å². The van der Waals surface area contributed by atoms with Crippen LogP contribution in [0.1, 0.15) is 32.8 Å². The molecule has 1 heterocycles. The third-order valence-corrected chi connectivity index (χ3v) is 3.36. The highest BCUT2D eigenvalue weighted by molar-refractivity contribution is 6.50. The summed E-state index contributed by atoms with van der Waals surface area (Å²) < 4.78 is 15.8. The van der Waals surface area contributed by atoms with Crippen molar-refractivity contribution in [1.29, 1.82) is 0 Å². The summed E-state index contributed by atoms with van der Waals surface area (Å²) in [6.45, 7) is 5.77. The van der Waals surface area contributed by atoms with Crippen LogP contribution in [0.3, 0.4) is 0 Å². The molecule has 0 aromatic heterocycles. The molecule has 0 aliphatic carbocycles. The molecule has 21 heavy (non-hydrogen) atoms. The van der Waals surface area contributed by atoms with Gasteiger partial charge in [0.1, 0.15) is 12.2 Å². The standard InChI is InChI=1S/C14H18BClO5/c1-4-19-12(17)7-14(18)13-10(15-21-14)5-9(6-11(13)16)20-8(2)3/h5-6,8,15,18H,4,7H2,1-3H3. The second kappa shape index (κ2) is 6.26. The van der Waals surface area contributed by atoms with Gasteiger partial charge in [0.15, 0.2) is 5.79 Å². The number of hydrogen-bond donors (Lipinski definition) is 1. The van der Waals surface area contributed by atoms with Crippen molar-refractivity contribution in [1.82, 2.24) is 0 Å². The van der Waals surface area contributed by atoms with E-state index in [1.165, 1.54) is 0 Å². The van der Waals surface area contributed by atoms with Gasteiger partial charge in [0.2, 0.25) is 0 Å². The minimum Gasteiger partial charge on any atom is -0.491 e. The number of hydrogen-bond acceptors (Lipinski definition) is 5. The largest absolute Gasteiger partial charge is 0.491 e. The van der Waals surface area contributed by atoms with Crippen molar-refractivity contribution >= 4 is 30.5 Å². The lowest BCUT2D eigenvalue weighted by molar-refractivity contribution is -0.174. The molecule has 0 bridgehead atoms. The van der Waals surface area contributed by atoms with Crippen LogP contribution in [0.25, 0.3) is 0 Å². The summed E-state index contributed by atoms with van der Waals surface area (Å²) in [4.78, 5) is 11.6. The first kappa shape index (κ1) is 16.1. The molecule has 0 saturated heterocycles. The van der Waals surface area contributed by atoms with E-state index in [1.807, 2.05) is 13.8 Å². The normalized spacial score (nSPS) is 20.1. The van der Waals surface area contributed by atoms with E-state index in [9.17, 15) is 9.90 Å². The molecule has 0 fully saturated rings. The summed E-state index contributed by atoms with van der Waals surface area (Å²) in [5.41, 5.74) is 1.12. The Morgan fingerprint density at radius 2 is 2.24 bits per heavy atom. The summed E-state index contributed by atoms with van der Waals surface area (Å²) in [5.74, 6) is -1.67. The summed E-state index contributed by atoms with van der Waals surface area (Å²) >= 11 is 6.23. The van der Waals surface area contributed by atoms with Gasteiger partial charge in [0, 0.05) is 5.56 Å². The Morgan fingerprint density at radius 3 is 2.86 bits per heavy atom. The number of ether oxygens (including phenoxy) is 2. The highest BCUT2D eigenvalue weighted by Crippen LogP contribution is 2.36. The van der Waals surface area contributed by atoms with Gasteiger partial charge < -0.3 is 19.2 Å². The van der Waals surface area contributed by atoms with Crippen LogP contribution in [0.4, 0.5) is 0 Å². The van der Waals surface area contributed by atoms with Crippen molar-refractivity contribution in [3.8, 4) is 5.75 Å². The molecule has 1 aromatic rings. The van der Waals surface area contributed by atoms with Gasteiger partial charge in [-0.1, -0.05) is 11.6 Å². The number of benzene rings is 1. The molecule has 1 N–H and O–H groups in total. The quantitative estimate of drug-likeness (QED) is 0.654. The zero-order valence-corrected chi connectivity index (χ0v) is 13.1. The van der Waals surface area contributed by atoms with Gasteiger partial charge in [0.25, 0.3) is 0 Å². The molecule has 0 saturated carbocycles. The minimum absolute atomic E-state index is 0.0138. The Kier molecular flexibility index (Phi) is 4.81. The highest BCUT2D eigenvalue weighted by atomic mass is 35.5. The van der Waals surface area contributed by atoms with E-state index in [2.05, 4.69) is 0 Å². The number of esters is 1. The molecule has 2 rings (SSSR count). The van der Waals surface area contributed by atoms with E-state index in [4.69, 9.17) is 25.7 Å². The first-order valence-corrected chi connectivity index (χ1v) is 7.25. The van der Waals surface area contributed by atoms with Crippen molar-refractivity contribution in [3.05, 3.63) is 22.7 Å². The van der Waals surface area contributed by atoms with Gasteiger partial charge in [0.05, 0.1) is 17.7 Å². The second-order valence-electron chi connectivity index (χ2n) is 5.16. The topological polar surface area (TPSA) is 65.0 Å². The summed E-state index contributed by atoms with van der Waals surface area (Å²) in [5, 5.41) is 10.9. The predicted molar refractivity (Wildman–Crippen MR) is 80.2 cm³/mol. The molecular weight excluding hydrogens is 294 g/mol. The van der Waals surface area contributed by atoms with E-state index in [1.54, 1.807) is 19.1 Å².